The fraction of sp³-hybridized carbons (Fsp3) is 0.312. The summed E-state index contributed by atoms with van der Waals surface area (Å²) in [7, 11) is 0. The monoisotopic (exact) mass is 266 g/mol. The molecule has 0 amide bonds. The molecule has 1 aliphatic heterocycles. The second kappa shape index (κ2) is 4.61. The van der Waals surface area contributed by atoms with Gasteiger partial charge in [0.2, 0.25) is 0 Å². The maximum atomic E-state index is 8.69. The van der Waals surface area contributed by atoms with Crippen molar-refractivity contribution in [2.24, 2.45) is 0 Å². The van der Waals surface area contributed by atoms with Gasteiger partial charge in [-0.3, -0.25) is 0 Å². The summed E-state index contributed by atoms with van der Waals surface area (Å²) in [6.45, 7) is 2.13. The van der Waals surface area contributed by atoms with Gasteiger partial charge in [-0.15, -0.1) is 0 Å². The Morgan fingerprint density at radius 1 is 1.20 bits per heavy atom. The van der Waals surface area contributed by atoms with Gasteiger partial charge in [-0.25, -0.2) is 0 Å². The molecule has 1 unspecified atom stereocenters. The van der Waals surface area contributed by atoms with Gasteiger partial charge in [-0.1, -0.05) is 12.1 Å². The Bertz CT molecular complexity index is 687. The molecule has 0 aromatic heterocycles. The highest BCUT2D eigenvalue weighted by Crippen LogP contribution is 2.40. The van der Waals surface area contributed by atoms with Crippen LogP contribution in [0.5, 0.6) is 0 Å². The molecule has 2 aromatic carbocycles. The molecule has 0 aliphatic carbocycles. The lowest BCUT2D eigenvalue weighted by atomic mass is 9.96. The maximum absolute atomic E-state index is 8.69. The minimum absolute atomic E-state index is 0.228. The topological polar surface area (TPSA) is 73.9 Å². The van der Waals surface area contributed by atoms with Crippen molar-refractivity contribution in [1.82, 2.24) is 0 Å². The van der Waals surface area contributed by atoms with Crippen molar-refractivity contribution in [2.75, 3.05) is 16.4 Å². The molecule has 4 N–H and O–H groups in total. The van der Waals surface area contributed by atoms with E-state index in [2.05, 4.69) is 29.7 Å². The van der Waals surface area contributed by atoms with Crippen LogP contribution in [-0.4, -0.2) is 5.66 Å². The summed E-state index contributed by atoms with van der Waals surface area (Å²) in [5.41, 5.74) is 8.81. The van der Waals surface area contributed by atoms with E-state index in [1.54, 1.807) is 0 Å². The zero-order valence-electron chi connectivity index (χ0n) is 11.5. The van der Waals surface area contributed by atoms with Crippen LogP contribution < -0.4 is 16.4 Å². The van der Waals surface area contributed by atoms with E-state index >= 15 is 0 Å². The highest BCUT2D eigenvalue weighted by Gasteiger charge is 2.29. The molecule has 0 saturated heterocycles. The fourth-order valence-electron chi connectivity index (χ4n) is 2.91. The summed E-state index contributed by atoms with van der Waals surface area (Å²) in [6.07, 6.45) is 2.34. The van der Waals surface area contributed by atoms with E-state index in [1.807, 2.05) is 24.3 Å². The third-order valence-corrected chi connectivity index (χ3v) is 3.86. The minimum atomic E-state index is -0.228. The molecule has 3 rings (SSSR count). The van der Waals surface area contributed by atoms with Crippen LogP contribution in [0, 0.1) is 11.3 Å². The van der Waals surface area contributed by atoms with Crippen LogP contribution >= 0.6 is 0 Å². The van der Waals surface area contributed by atoms with Gasteiger partial charge in [0.15, 0.2) is 0 Å². The molecule has 4 heteroatoms. The first kappa shape index (κ1) is 12.6. The number of unbranched alkanes of at least 4 members (excludes halogenated alkanes) is 1. The van der Waals surface area contributed by atoms with Crippen LogP contribution in [0.15, 0.2) is 30.3 Å². The van der Waals surface area contributed by atoms with Gasteiger partial charge < -0.3 is 16.4 Å². The van der Waals surface area contributed by atoms with E-state index in [1.165, 1.54) is 0 Å². The highest BCUT2D eigenvalue weighted by molar-refractivity contribution is 6.09. The average molecular weight is 266 g/mol. The second-order valence-electron chi connectivity index (χ2n) is 5.52. The van der Waals surface area contributed by atoms with Crippen LogP contribution in [0.3, 0.4) is 0 Å². The van der Waals surface area contributed by atoms with Crippen molar-refractivity contribution < 1.29 is 0 Å². The second-order valence-corrected chi connectivity index (χ2v) is 5.52. The number of benzene rings is 2. The molecular formula is C16H18N4. The number of nitrogens with one attached hydrogen (secondary N) is 2. The van der Waals surface area contributed by atoms with Crippen molar-refractivity contribution in [1.29, 1.82) is 5.26 Å². The molecular weight excluding hydrogens is 248 g/mol. The molecule has 1 atom stereocenters. The molecule has 1 aliphatic rings. The van der Waals surface area contributed by atoms with Crippen LogP contribution in [0.25, 0.3) is 10.8 Å². The molecule has 1 heterocycles. The number of nitrogens with zero attached hydrogens (tertiary/aromatic N) is 1. The highest BCUT2D eigenvalue weighted by atomic mass is 15.2. The van der Waals surface area contributed by atoms with Gasteiger partial charge in [0, 0.05) is 34.3 Å². The van der Waals surface area contributed by atoms with Gasteiger partial charge in [0.05, 0.1) is 6.07 Å². The average Bonchev–Trinajstić information content (AvgIpc) is 2.43. The van der Waals surface area contributed by atoms with Gasteiger partial charge >= 0.3 is 0 Å². The lowest BCUT2D eigenvalue weighted by Gasteiger charge is -2.39. The molecule has 0 saturated carbocycles. The Morgan fingerprint density at radius 3 is 2.70 bits per heavy atom. The van der Waals surface area contributed by atoms with Gasteiger partial charge in [0.1, 0.15) is 5.66 Å². The quantitative estimate of drug-likeness (QED) is 0.585. The van der Waals surface area contributed by atoms with Crippen molar-refractivity contribution in [3.05, 3.63) is 30.3 Å². The van der Waals surface area contributed by atoms with Crippen molar-refractivity contribution in [3.8, 4) is 6.07 Å². The van der Waals surface area contributed by atoms with E-state index in [9.17, 15) is 0 Å². The third-order valence-electron chi connectivity index (χ3n) is 3.86. The Kier molecular flexibility index (Phi) is 2.90. The van der Waals surface area contributed by atoms with Gasteiger partial charge in [-0.05, 0) is 38.0 Å². The summed E-state index contributed by atoms with van der Waals surface area (Å²) < 4.78 is 0. The number of nitriles is 1. The number of hydrogen-bond acceptors (Lipinski definition) is 4. The number of anilines is 3. The van der Waals surface area contributed by atoms with Crippen LogP contribution in [0.4, 0.5) is 17.1 Å². The SMILES string of the molecule is CC1(CCCC#N)Nc2cccc3c(N)ccc(c23)N1. The molecule has 0 spiro atoms. The normalized spacial score (nSPS) is 20.0. The van der Waals surface area contributed by atoms with Gasteiger partial charge in [0.25, 0.3) is 0 Å². The lowest BCUT2D eigenvalue weighted by Crippen LogP contribution is -2.45. The first-order chi connectivity index (χ1) is 9.63. The molecule has 0 fully saturated rings. The molecule has 102 valence electrons. The molecule has 20 heavy (non-hydrogen) atoms. The van der Waals surface area contributed by atoms with E-state index < -0.39 is 0 Å². The minimum Gasteiger partial charge on any atom is -0.398 e. The zero-order chi connectivity index (χ0) is 14.2. The molecule has 0 bridgehead atoms. The summed E-state index contributed by atoms with van der Waals surface area (Å²) in [4.78, 5) is 0. The summed E-state index contributed by atoms with van der Waals surface area (Å²) >= 11 is 0. The Hall–Kier alpha value is -2.41. The van der Waals surface area contributed by atoms with E-state index in [0.717, 1.165) is 40.7 Å². The Labute approximate surface area is 118 Å². The molecule has 0 radical (unpaired) electrons. The largest absolute Gasteiger partial charge is 0.398 e. The van der Waals surface area contributed by atoms with Gasteiger partial charge in [-0.2, -0.15) is 5.26 Å². The number of nitrogen functional groups attached to an aromatic ring is 1. The summed E-state index contributed by atoms with van der Waals surface area (Å²) in [6, 6.07) is 12.3. The van der Waals surface area contributed by atoms with Crippen molar-refractivity contribution in [2.45, 2.75) is 31.8 Å². The predicted octanol–water partition coefficient (Wildman–Crippen LogP) is 3.67. The third kappa shape index (κ3) is 2.01. The predicted molar refractivity (Wildman–Crippen MR) is 83.5 cm³/mol. The van der Waals surface area contributed by atoms with Crippen molar-refractivity contribution in [3.63, 3.8) is 0 Å². The first-order valence-corrected chi connectivity index (χ1v) is 6.87. The van der Waals surface area contributed by atoms with E-state index in [0.29, 0.717) is 6.42 Å². The number of nitrogens with two attached hydrogens (primary N) is 1. The molecule has 2 aromatic rings. The standard InChI is InChI=1S/C16H18N4/c1-16(9-2-3-10-17)19-13-6-4-5-11-12(18)7-8-14(20-16)15(11)13/h4-8,19-20H,2-3,9,18H2,1H3. The summed E-state index contributed by atoms with van der Waals surface area (Å²) in [5.74, 6) is 0. The van der Waals surface area contributed by atoms with Crippen LogP contribution in [0.2, 0.25) is 0 Å². The maximum Gasteiger partial charge on any atom is 0.105 e. The number of rotatable bonds is 3. The smallest absolute Gasteiger partial charge is 0.105 e. The Morgan fingerprint density at radius 2 is 1.95 bits per heavy atom. The van der Waals surface area contributed by atoms with E-state index in [4.69, 9.17) is 11.0 Å². The van der Waals surface area contributed by atoms with Crippen LogP contribution in [0.1, 0.15) is 26.2 Å². The molecule has 4 nitrogen and oxygen atoms in total. The van der Waals surface area contributed by atoms with Crippen LogP contribution in [-0.2, 0) is 0 Å². The number of hydrogen-bond donors (Lipinski definition) is 3. The lowest BCUT2D eigenvalue weighted by molar-refractivity contribution is 0.513. The Balaban J connectivity index is 2.00. The summed E-state index contributed by atoms with van der Waals surface area (Å²) in [5, 5.41) is 18.0. The van der Waals surface area contributed by atoms with E-state index in [-0.39, 0.29) is 5.66 Å². The fourth-order valence-corrected chi connectivity index (χ4v) is 2.91. The zero-order valence-corrected chi connectivity index (χ0v) is 11.5. The van der Waals surface area contributed by atoms with Crippen molar-refractivity contribution >= 4 is 27.8 Å². The first-order valence-electron chi connectivity index (χ1n) is 6.87.